The first-order valence-corrected chi connectivity index (χ1v) is 15.1. The monoisotopic (exact) mass is 506 g/mol. The average molecular weight is 507 g/mol. The Morgan fingerprint density at radius 3 is 1.76 bits per heavy atom. The Labute approximate surface area is 208 Å². The molecule has 0 aliphatic heterocycles. The molecule has 0 radical (unpaired) electrons. The zero-order valence-electron chi connectivity index (χ0n) is 22.7. The molecular formula is C26H51O7P. The highest BCUT2D eigenvalue weighted by Gasteiger charge is 2.35. The average Bonchev–Trinajstić information content (AvgIpc) is 2.74. The molecule has 0 heterocycles. The molecule has 0 rings (SSSR count). The highest BCUT2D eigenvalue weighted by molar-refractivity contribution is 7.53. The molecule has 7 nitrogen and oxygen atoms in total. The van der Waals surface area contributed by atoms with E-state index in [9.17, 15) is 14.2 Å². The van der Waals surface area contributed by atoms with E-state index >= 15 is 0 Å². The second-order valence-electron chi connectivity index (χ2n) is 9.80. The van der Waals surface area contributed by atoms with Crippen LogP contribution in [0.4, 0.5) is 0 Å². The fourth-order valence-corrected chi connectivity index (χ4v) is 5.56. The molecule has 0 saturated carbocycles. The van der Waals surface area contributed by atoms with Crippen LogP contribution in [0.5, 0.6) is 0 Å². The summed E-state index contributed by atoms with van der Waals surface area (Å²) >= 11 is 0. The van der Waals surface area contributed by atoms with Crippen molar-refractivity contribution in [2.24, 2.45) is 5.92 Å². The van der Waals surface area contributed by atoms with Gasteiger partial charge >= 0.3 is 19.5 Å². The Kier molecular flexibility index (Phi) is 18.8. The van der Waals surface area contributed by atoms with E-state index in [0.717, 1.165) is 19.3 Å². The fourth-order valence-electron chi connectivity index (χ4n) is 3.61. The SMILES string of the molecule is CCCCCCCCCCCCOC(=O)CCC(CP(=O)(OCC)OCC)C(=O)OC(C)(C)C. The maximum Gasteiger partial charge on any atom is 0.331 e. The molecule has 0 saturated heterocycles. The van der Waals surface area contributed by atoms with Crippen LogP contribution in [0, 0.1) is 5.92 Å². The molecule has 1 unspecified atom stereocenters. The predicted molar refractivity (Wildman–Crippen MR) is 137 cm³/mol. The van der Waals surface area contributed by atoms with Crippen molar-refractivity contribution in [3.63, 3.8) is 0 Å². The molecular weight excluding hydrogens is 455 g/mol. The number of ether oxygens (including phenoxy) is 2. The molecule has 0 aliphatic rings. The second kappa shape index (κ2) is 19.3. The van der Waals surface area contributed by atoms with Crippen molar-refractivity contribution in [1.82, 2.24) is 0 Å². The van der Waals surface area contributed by atoms with Crippen molar-refractivity contribution in [3.05, 3.63) is 0 Å². The third-order valence-corrected chi connectivity index (χ3v) is 7.48. The summed E-state index contributed by atoms with van der Waals surface area (Å²) in [5, 5.41) is 0. The summed E-state index contributed by atoms with van der Waals surface area (Å²) in [5.74, 6) is -1.63. The van der Waals surface area contributed by atoms with Crippen LogP contribution >= 0.6 is 7.60 Å². The van der Waals surface area contributed by atoms with Gasteiger partial charge in [-0.1, -0.05) is 64.7 Å². The molecule has 0 bridgehead atoms. The van der Waals surface area contributed by atoms with E-state index in [-0.39, 0.29) is 38.2 Å². The number of carbonyl (C=O) groups is 2. The number of esters is 2. The molecule has 0 aromatic carbocycles. The molecule has 34 heavy (non-hydrogen) atoms. The minimum Gasteiger partial charge on any atom is -0.466 e. The third kappa shape index (κ3) is 18.4. The van der Waals surface area contributed by atoms with Gasteiger partial charge in [-0.05, 0) is 47.5 Å². The molecule has 0 aromatic rings. The highest BCUT2D eigenvalue weighted by Crippen LogP contribution is 2.50. The summed E-state index contributed by atoms with van der Waals surface area (Å²) in [7, 11) is -3.46. The molecule has 0 amide bonds. The van der Waals surface area contributed by atoms with Crippen LogP contribution in [0.25, 0.3) is 0 Å². The first-order valence-electron chi connectivity index (χ1n) is 13.3. The largest absolute Gasteiger partial charge is 0.466 e. The lowest BCUT2D eigenvalue weighted by Crippen LogP contribution is -2.31. The van der Waals surface area contributed by atoms with Gasteiger partial charge in [0.05, 0.1) is 31.9 Å². The smallest absolute Gasteiger partial charge is 0.331 e. The van der Waals surface area contributed by atoms with Gasteiger partial charge in [0.1, 0.15) is 5.60 Å². The Bertz CT molecular complexity index is 576. The number of unbranched alkanes of at least 4 members (excludes halogenated alkanes) is 9. The van der Waals surface area contributed by atoms with Gasteiger partial charge in [-0.3, -0.25) is 14.2 Å². The van der Waals surface area contributed by atoms with E-state index in [1.165, 1.54) is 44.9 Å². The Morgan fingerprint density at radius 2 is 1.29 bits per heavy atom. The minimum atomic E-state index is -3.46. The molecule has 1 atom stereocenters. The molecule has 0 aromatic heterocycles. The van der Waals surface area contributed by atoms with Crippen molar-refractivity contribution in [2.45, 2.75) is 124 Å². The number of hydrogen-bond acceptors (Lipinski definition) is 7. The summed E-state index contributed by atoms with van der Waals surface area (Å²) in [6, 6.07) is 0. The maximum atomic E-state index is 13.0. The summed E-state index contributed by atoms with van der Waals surface area (Å²) in [4.78, 5) is 24.9. The lowest BCUT2D eigenvalue weighted by molar-refractivity contribution is -0.159. The van der Waals surface area contributed by atoms with Crippen LogP contribution < -0.4 is 0 Å². The molecule has 202 valence electrons. The van der Waals surface area contributed by atoms with Gasteiger partial charge < -0.3 is 18.5 Å². The number of carbonyl (C=O) groups excluding carboxylic acids is 2. The van der Waals surface area contributed by atoms with Gasteiger partial charge in [0.2, 0.25) is 0 Å². The van der Waals surface area contributed by atoms with Crippen LogP contribution in [0.2, 0.25) is 0 Å². The van der Waals surface area contributed by atoms with Gasteiger partial charge in [-0.25, -0.2) is 0 Å². The lowest BCUT2D eigenvalue weighted by atomic mass is 10.1. The summed E-state index contributed by atoms with van der Waals surface area (Å²) < 4.78 is 34.5. The zero-order valence-corrected chi connectivity index (χ0v) is 23.6. The highest BCUT2D eigenvalue weighted by atomic mass is 31.2. The number of rotatable bonds is 21. The first kappa shape index (κ1) is 33.1. The van der Waals surface area contributed by atoms with Crippen molar-refractivity contribution in [1.29, 1.82) is 0 Å². The van der Waals surface area contributed by atoms with Crippen molar-refractivity contribution >= 4 is 19.5 Å². The van der Waals surface area contributed by atoms with Gasteiger partial charge in [0.25, 0.3) is 0 Å². The molecule has 0 aliphatic carbocycles. The Hall–Kier alpha value is -0.910. The van der Waals surface area contributed by atoms with Gasteiger partial charge in [-0.15, -0.1) is 0 Å². The summed E-state index contributed by atoms with van der Waals surface area (Å²) in [6.07, 6.45) is 12.3. The molecule has 8 heteroatoms. The van der Waals surface area contributed by atoms with Gasteiger partial charge in [-0.2, -0.15) is 0 Å². The van der Waals surface area contributed by atoms with E-state index in [4.69, 9.17) is 18.5 Å². The standard InChI is InChI=1S/C26H51O7P/c1-7-10-11-12-13-14-15-16-17-18-21-30-24(27)20-19-23(25(28)33-26(4,5)6)22-34(29,31-8-2)32-9-3/h23H,7-22H2,1-6H3. The van der Waals surface area contributed by atoms with E-state index in [2.05, 4.69) is 6.92 Å². The molecule has 0 spiro atoms. The summed E-state index contributed by atoms with van der Waals surface area (Å²) in [5.41, 5.74) is -0.688. The van der Waals surface area contributed by atoms with E-state index in [0.29, 0.717) is 6.61 Å². The Balaban J connectivity index is 4.41. The van der Waals surface area contributed by atoms with Crippen molar-refractivity contribution in [3.8, 4) is 0 Å². The number of hydrogen-bond donors (Lipinski definition) is 0. The zero-order chi connectivity index (χ0) is 25.9. The first-order chi connectivity index (χ1) is 16.1. The fraction of sp³-hybridized carbons (Fsp3) is 0.923. The quantitative estimate of drug-likeness (QED) is 0.0907. The van der Waals surface area contributed by atoms with Crippen molar-refractivity contribution < 1.29 is 32.7 Å². The normalized spacial score (nSPS) is 13.0. The van der Waals surface area contributed by atoms with Crippen LogP contribution in [-0.4, -0.2) is 43.5 Å². The van der Waals surface area contributed by atoms with Crippen LogP contribution in [-0.2, 0) is 32.7 Å². The third-order valence-electron chi connectivity index (χ3n) is 5.29. The minimum absolute atomic E-state index is 0.0555. The lowest BCUT2D eigenvalue weighted by Gasteiger charge is -2.26. The van der Waals surface area contributed by atoms with Crippen LogP contribution in [0.3, 0.4) is 0 Å². The Morgan fingerprint density at radius 1 is 0.794 bits per heavy atom. The van der Waals surface area contributed by atoms with E-state index in [1.807, 2.05) is 0 Å². The van der Waals surface area contributed by atoms with Gasteiger partial charge in [0, 0.05) is 6.42 Å². The predicted octanol–water partition coefficient (Wildman–Crippen LogP) is 7.45. The van der Waals surface area contributed by atoms with E-state index in [1.54, 1.807) is 34.6 Å². The topological polar surface area (TPSA) is 88.1 Å². The van der Waals surface area contributed by atoms with Crippen molar-refractivity contribution in [2.75, 3.05) is 26.0 Å². The molecule has 0 fully saturated rings. The van der Waals surface area contributed by atoms with Gasteiger partial charge in [0.15, 0.2) is 0 Å². The maximum absolute atomic E-state index is 13.0. The van der Waals surface area contributed by atoms with Crippen LogP contribution in [0.15, 0.2) is 0 Å². The second-order valence-corrected chi connectivity index (χ2v) is 11.9. The summed E-state index contributed by atoms with van der Waals surface area (Å²) in [6.45, 7) is 11.8. The molecule has 0 N–H and O–H groups in total. The van der Waals surface area contributed by atoms with E-state index < -0.39 is 25.1 Å². The van der Waals surface area contributed by atoms with Crippen LogP contribution in [0.1, 0.15) is 119 Å².